The summed E-state index contributed by atoms with van der Waals surface area (Å²) in [5, 5.41) is 6.81. The molecule has 0 unspecified atom stereocenters. The average molecular weight is 471 g/mol. The van der Waals surface area contributed by atoms with Crippen LogP contribution in [0.25, 0.3) is 0 Å². The molecular formula is C20H30N4O7S. The van der Waals surface area contributed by atoms with Crippen molar-refractivity contribution in [1.82, 2.24) is 20.3 Å². The first-order valence-electron chi connectivity index (χ1n) is 10.3. The van der Waals surface area contributed by atoms with Crippen molar-refractivity contribution in [3.63, 3.8) is 0 Å². The molecule has 0 fully saturated rings. The fraction of sp³-hybridized carbons (Fsp3) is 0.500. The van der Waals surface area contributed by atoms with Crippen LogP contribution >= 0.6 is 0 Å². The molecule has 0 saturated carbocycles. The molecule has 178 valence electrons. The molecule has 0 heterocycles. The van der Waals surface area contributed by atoms with E-state index in [1.807, 2.05) is 12.2 Å². The van der Waals surface area contributed by atoms with Crippen LogP contribution in [0, 0.1) is 0 Å². The second-order valence-electron chi connectivity index (χ2n) is 6.61. The molecule has 1 aromatic rings. The first kappa shape index (κ1) is 27.0. The zero-order valence-corrected chi connectivity index (χ0v) is 19.3. The van der Waals surface area contributed by atoms with Crippen LogP contribution in [-0.2, 0) is 24.3 Å². The Morgan fingerprint density at radius 1 is 0.969 bits per heavy atom. The number of ether oxygens (including phenoxy) is 1. The third-order valence-corrected chi connectivity index (χ3v) is 6.35. The zero-order chi connectivity index (χ0) is 24.1. The van der Waals surface area contributed by atoms with Crippen LogP contribution in [0.4, 0.5) is 4.79 Å². The summed E-state index contributed by atoms with van der Waals surface area (Å²) in [6.45, 7) is 5.30. The van der Waals surface area contributed by atoms with E-state index in [1.165, 1.54) is 28.6 Å². The predicted octanol–water partition coefficient (Wildman–Crippen LogP) is 0.616. The third kappa shape index (κ3) is 8.63. The molecule has 0 aliphatic heterocycles. The van der Waals surface area contributed by atoms with Crippen molar-refractivity contribution in [3.05, 3.63) is 29.8 Å². The van der Waals surface area contributed by atoms with E-state index < -0.39 is 47.0 Å². The second kappa shape index (κ2) is 13.4. The molecule has 0 atom stereocenters. The Morgan fingerprint density at radius 2 is 1.59 bits per heavy atom. The number of rotatable bonds is 12. The number of unbranched alkanes of at least 4 members (excludes halogenated alkanes) is 1. The number of carbonyl (C=O) groups excluding carboxylic acids is 4. The highest BCUT2D eigenvalue weighted by Crippen LogP contribution is 2.16. The van der Waals surface area contributed by atoms with Gasteiger partial charge in [0.15, 0.2) is 6.61 Å². The summed E-state index contributed by atoms with van der Waals surface area (Å²) in [4.78, 5) is 46.9. The molecule has 1 rings (SSSR count). The molecule has 0 spiro atoms. The van der Waals surface area contributed by atoms with Gasteiger partial charge in [-0.05, 0) is 30.7 Å². The minimum absolute atomic E-state index is 0.0573. The molecular weight excluding hydrogens is 440 g/mol. The lowest BCUT2D eigenvalue weighted by Gasteiger charge is -2.18. The highest BCUT2D eigenvalue weighted by molar-refractivity contribution is 7.89. The highest BCUT2D eigenvalue weighted by atomic mass is 32.2. The maximum atomic E-state index is 12.5. The Balaban J connectivity index is 2.47. The summed E-state index contributed by atoms with van der Waals surface area (Å²) in [5.41, 5.74) is 0.151. The van der Waals surface area contributed by atoms with Crippen LogP contribution in [0.3, 0.4) is 0 Å². The molecule has 32 heavy (non-hydrogen) atoms. The van der Waals surface area contributed by atoms with E-state index in [4.69, 9.17) is 4.74 Å². The van der Waals surface area contributed by atoms with E-state index in [-0.39, 0.29) is 10.5 Å². The molecule has 1 aromatic carbocycles. The van der Waals surface area contributed by atoms with Crippen LogP contribution in [0.5, 0.6) is 0 Å². The summed E-state index contributed by atoms with van der Waals surface area (Å²) in [6.07, 6.45) is 1.65. The summed E-state index contributed by atoms with van der Waals surface area (Å²) in [5.74, 6) is -2.29. The average Bonchev–Trinajstić information content (AvgIpc) is 2.77. The minimum Gasteiger partial charge on any atom is -0.454 e. The van der Waals surface area contributed by atoms with Crippen LogP contribution in [0.1, 0.15) is 44.0 Å². The molecule has 0 aliphatic rings. The number of carbonyl (C=O) groups is 4. The number of imide groups is 1. The van der Waals surface area contributed by atoms with E-state index >= 15 is 0 Å². The quantitative estimate of drug-likeness (QED) is 0.299. The van der Waals surface area contributed by atoms with Gasteiger partial charge in [-0.2, -0.15) is 4.31 Å². The fourth-order valence-corrected chi connectivity index (χ4v) is 3.99. The van der Waals surface area contributed by atoms with Crippen molar-refractivity contribution in [2.24, 2.45) is 0 Å². The van der Waals surface area contributed by atoms with Crippen molar-refractivity contribution in [2.75, 3.05) is 32.8 Å². The van der Waals surface area contributed by atoms with Gasteiger partial charge in [0.1, 0.15) is 6.54 Å². The number of hydrogen-bond donors (Lipinski definition) is 3. The largest absolute Gasteiger partial charge is 0.454 e. The molecule has 0 aromatic heterocycles. The van der Waals surface area contributed by atoms with Gasteiger partial charge < -0.3 is 15.4 Å². The lowest BCUT2D eigenvalue weighted by molar-refractivity contribution is -0.147. The Labute approximate surface area is 187 Å². The van der Waals surface area contributed by atoms with Crippen LogP contribution in [-0.4, -0.2) is 69.3 Å². The van der Waals surface area contributed by atoms with Gasteiger partial charge in [-0.1, -0.05) is 27.2 Å². The lowest BCUT2D eigenvalue weighted by Crippen LogP contribution is -2.42. The van der Waals surface area contributed by atoms with Gasteiger partial charge >= 0.3 is 12.0 Å². The molecule has 3 N–H and O–H groups in total. The van der Waals surface area contributed by atoms with Crippen molar-refractivity contribution in [1.29, 1.82) is 0 Å². The smallest absolute Gasteiger partial charge is 0.325 e. The van der Waals surface area contributed by atoms with E-state index in [1.54, 1.807) is 13.8 Å². The molecule has 4 amide bonds. The number of urea groups is 1. The van der Waals surface area contributed by atoms with Crippen molar-refractivity contribution in [3.8, 4) is 0 Å². The van der Waals surface area contributed by atoms with E-state index in [0.717, 1.165) is 12.8 Å². The van der Waals surface area contributed by atoms with Crippen molar-refractivity contribution >= 4 is 33.8 Å². The van der Waals surface area contributed by atoms with Gasteiger partial charge in [0.25, 0.3) is 11.8 Å². The second-order valence-corrected chi connectivity index (χ2v) is 8.55. The third-order valence-electron chi connectivity index (χ3n) is 4.29. The Bertz CT molecular complexity index is 897. The van der Waals surface area contributed by atoms with Crippen LogP contribution in [0.15, 0.2) is 29.2 Å². The summed E-state index contributed by atoms with van der Waals surface area (Å²) >= 11 is 0. The van der Waals surface area contributed by atoms with E-state index in [9.17, 15) is 27.6 Å². The van der Waals surface area contributed by atoms with Crippen LogP contribution in [0.2, 0.25) is 0 Å². The Morgan fingerprint density at radius 3 is 2.16 bits per heavy atom. The van der Waals surface area contributed by atoms with E-state index in [0.29, 0.717) is 19.6 Å². The van der Waals surface area contributed by atoms with Gasteiger partial charge in [-0.15, -0.1) is 0 Å². The Kier molecular flexibility index (Phi) is 11.3. The number of hydrogen-bond acceptors (Lipinski definition) is 7. The maximum absolute atomic E-state index is 12.5. The van der Waals surface area contributed by atoms with Crippen molar-refractivity contribution in [2.45, 2.75) is 38.5 Å². The van der Waals surface area contributed by atoms with Crippen molar-refractivity contribution < 1.29 is 32.3 Å². The zero-order valence-electron chi connectivity index (χ0n) is 18.5. The molecule has 11 nitrogen and oxygen atoms in total. The number of nitrogens with one attached hydrogen (secondary N) is 3. The topological polar surface area (TPSA) is 151 Å². The fourth-order valence-electron chi connectivity index (χ4n) is 2.53. The molecule has 0 radical (unpaired) electrons. The summed E-state index contributed by atoms with van der Waals surface area (Å²) in [6, 6.07) is 4.62. The molecule has 0 aliphatic carbocycles. The predicted molar refractivity (Wildman–Crippen MR) is 116 cm³/mol. The first-order chi connectivity index (χ1) is 15.1. The molecule has 0 saturated heterocycles. The van der Waals surface area contributed by atoms with Gasteiger partial charge in [0, 0.05) is 25.2 Å². The number of benzene rings is 1. The Hall–Kier alpha value is -2.99. The number of esters is 1. The molecule has 12 heteroatoms. The maximum Gasteiger partial charge on any atom is 0.325 e. The normalized spacial score (nSPS) is 11.0. The van der Waals surface area contributed by atoms with E-state index in [2.05, 4.69) is 10.6 Å². The highest BCUT2D eigenvalue weighted by Gasteiger charge is 2.21. The number of nitrogens with zero attached hydrogens (tertiary/aromatic N) is 1. The van der Waals surface area contributed by atoms with Gasteiger partial charge in [0.2, 0.25) is 10.0 Å². The van der Waals surface area contributed by atoms with Crippen LogP contribution < -0.4 is 16.0 Å². The monoisotopic (exact) mass is 470 g/mol. The summed E-state index contributed by atoms with van der Waals surface area (Å²) < 4.78 is 30.9. The van der Waals surface area contributed by atoms with Gasteiger partial charge in [0.05, 0.1) is 4.90 Å². The minimum atomic E-state index is -3.64. The standard InChI is InChI=1S/C20H30N4O7S/c1-4-7-12-21-20(28)23-17(25)14-31-18(26)13-22-19(27)15-8-10-16(11-9-15)32(29,30)24(5-2)6-3/h8-11H,4-7,12-14H2,1-3H3,(H,22,27)(H2,21,23,25,28). The van der Waals surface area contributed by atoms with Gasteiger partial charge in [-0.3, -0.25) is 19.7 Å². The van der Waals surface area contributed by atoms with Gasteiger partial charge in [-0.25, -0.2) is 13.2 Å². The number of sulfonamides is 1. The molecule has 0 bridgehead atoms. The number of amides is 4. The summed E-state index contributed by atoms with van der Waals surface area (Å²) in [7, 11) is -3.64. The SMILES string of the molecule is CCCCNC(=O)NC(=O)COC(=O)CNC(=O)c1ccc(S(=O)(=O)N(CC)CC)cc1. The first-order valence-corrected chi connectivity index (χ1v) is 11.7. The lowest BCUT2D eigenvalue weighted by atomic mass is 10.2.